The number of carbonyl (C=O) groups is 1. The molecule has 0 radical (unpaired) electrons. The van der Waals surface area contributed by atoms with Crippen molar-refractivity contribution in [2.75, 3.05) is 6.61 Å². The third kappa shape index (κ3) is 3.63. The van der Waals surface area contributed by atoms with Gasteiger partial charge in [0.25, 0.3) is 0 Å². The van der Waals surface area contributed by atoms with E-state index in [1.165, 1.54) is 0 Å². The largest absolute Gasteiger partial charge is 0.491 e. The number of hydrogen-bond acceptors (Lipinski definition) is 4. The normalized spacial score (nSPS) is 24.4. The molecule has 0 bridgehead atoms. The number of ether oxygens (including phenoxy) is 2. The molecule has 1 aliphatic heterocycles. The molecule has 0 N–H and O–H groups in total. The van der Waals surface area contributed by atoms with Crippen molar-refractivity contribution in [3.8, 4) is 6.07 Å². The van der Waals surface area contributed by atoms with E-state index in [2.05, 4.69) is 0 Å². The van der Waals surface area contributed by atoms with Crippen molar-refractivity contribution >= 4 is 5.97 Å². The molecule has 1 atom stereocenters. The van der Waals surface area contributed by atoms with Gasteiger partial charge < -0.3 is 9.47 Å². The molecule has 0 aromatic rings. The quantitative estimate of drug-likeness (QED) is 0.428. The van der Waals surface area contributed by atoms with Gasteiger partial charge in [-0.2, -0.15) is 5.26 Å². The van der Waals surface area contributed by atoms with Crippen LogP contribution in [0.5, 0.6) is 0 Å². The Kier molecular flexibility index (Phi) is 4.33. The first-order valence-corrected chi connectivity index (χ1v) is 5.64. The van der Waals surface area contributed by atoms with E-state index in [4.69, 9.17) is 14.7 Å². The summed E-state index contributed by atoms with van der Waals surface area (Å²) < 4.78 is 10.3. The van der Waals surface area contributed by atoms with Crippen LogP contribution in [-0.4, -0.2) is 18.2 Å². The number of rotatable bonds is 3. The standard InChI is InChI=1S/C13H17NO3/c1-4-16-12(15)11(8-14)7-13(3)6-5-10(2)9-17-13/h7,9H,4-6H2,1-3H3/b11-7+/t13-/m1/s1. The number of nitrogens with zero attached hydrogens (tertiary/aromatic N) is 1. The number of carbonyl (C=O) groups excluding carboxylic acids is 1. The van der Waals surface area contributed by atoms with Crippen molar-refractivity contribution in [2.24, 2.45) is 0 Å². The minimum atomic E-state index is -0.600. The Bertz CT molecular complexity index is 403. The first-order valence-electron chi connectivity index (χ1n) is 5.64. The van der Waals surface area contributed by atoms with E-state index >= 15 is 0 Å². The average molecular weight is 235 g/mol. The van der Waals surface area contributed by atoms with Crippen molar-refractivity contribution in [3.63, 3.8) is 0 Å². The maximum Gasteiger partial charge on any atom is 0.348 e. The molecule has 1 heterocycles. The predicted molar refractivity (Wildman–Crippen MR) is 62.8 cm³/mol. The van der Waals surface area contributed by atoms with Crippen LogP contribution in [-0.2, 0) is 14.3 Å². The molecule has 17 heavy (non-hydrogen) atoms. The summed E-state index contributed by atoms with van der Waals surface area (Å²) in [5.74, 6) is -0.592. The van der Waals surface area contributed by atoms with Crippen molar-refractivity contribution in [1.82, 2.24) is 0 Å². The molecule has 92 valence electrons. The van der Waals surface area contributed by atoms with Crippen molar-refractivity contribution < 1.29 is 14.3 Å². The lowest BCUT2D eigenvalue weighted by Crippen LogP contribution is -2.28. The van der Waals surface area contributed by atoms with Crippen molar-refractivity contribution in [1.29, 1.82) is 5.26 Å². The highest BCUT2D eigenvalue weighted by atomic mass is 16.5. The molecular weight excluding hydrogens is 218 g/mol. The Morgan fingerprint density at radius 1 is 1.76 bits per heavy atom. The second-order valence-corrected chi connectivity index (χ2v) is 4.29. The first-order chi connectivity index (χ1) is 8.00. The molecule has 0 saturated carbocycles. The van der Waals surface area contributed by atoms with E-state index in [1.807, 2.05) is 19.9 Å². The van der Waals surface area contributed by atoms with E-state index in [0.717, 1.165) is 18.4 Å². The van der Waals surface area contributed by atoms with E-state index in [-0.39, 0.29) is 12.2 Å². The maximum atomic E-state index is 11.5. The molecule has 4 heteroatoms. The fourth-order valence-corrected chi connectivity index (χ4v) is 1.56. The maximum absolute atomic E-state index is 11.5. The van der Waals surface area contributed by atoms with E-state index in [1.54, 1.807) is 19.3 Å². The van der Waals surface area contributed by atoms with Crippen LogP contribution in [0.1, 0.15) is 33.6 Å². The minimum absolute atomic E-state index is 0.00213. The van der Waals surface area contributed by atoms with Crippen molar-refractivity contribution in [3.05, 3.63) is 23.5 Å². The van der Waals surface area contributed by atoms with E-state index in [9.17, 15) is 4.79 Å². The van der Waals surface area contributed by atoms with Gasteiger partial charge in [-0.3, -0.25) is 0 Å². The Labute approximate surface area is 102 Å². The summed E-state index contributed by atoms with van der Waals surface area (Å²) in [6, 6.07) is 1.86. The van der Waals surface area contributed by atoms with Crippen LogP contribution >= 0.6 is 0 Å². The van der Waals surface area contributed by atoms with Gasteiger partial charge in [0.1, 0.15) is 17.2 Å². The molecule has 0 saturated heterocycles. The van der Waals surface area contributed by atoms with Gasteiger partial charge in [-0.25, -0.2) is 4.79 Å². The summed E-state index contributed by atoms with van der Waals surface area (Å²) in [5, 5.41) is 8.93. The molecule has 0 aliphatic carbocycles. The van der Waals surface area contributed by atoms with Gasteiger partial charge in [-0.05, 0) is 45.3 Å². The minimum Gasteiger partial charge on any atom is -0.491 e. The number of hydrogen-bond donors (Lipinski definition) is 0. The van der Waals surface area contributed by atoms with Crippen LogP contribution in [0.15, 0.2) is 23.5 Å². The van der Waals surface area contributed by atoms with E-state index in [0.29, 0.717) is 0 Å². The van der Waals surface area contributed by atoms with Crippen LogP contribution in [0.25, 0.3) is 0 Å². The summed E-state index contributed by atoms with van der Waals surface area (Å²) in [7, 11) is 0. The highest BCUT2D eigenvalue weighted by Gasteiger charge is 2.28. The third-order valence-corrected chi connectivity index (χ3v) is 2.61. The second kappa shape index (κ2) is 5.53. The van der Waals surface area contributed by atoms with Crippen LogP contribution in [0, 0.1) is 11.3 Å². The smallest absolute Gasteiger partial charge is 0.348 e. The molecule has 0 amide bonds. The summed E-state index contributed by atoms with van der Waals surface area (Å²) in [5.41, 5.74) is 0.560. The predicted octanol–water partition coefficient (Wildman–Crippen LogP) is 2.47. The number of nitriles is 1. The van der Waals surface area contributed by atoms with E-state index < -0.39 is 11.6 Å². The van der Waals surface area contributed by atoms with Crippen LogP contribution in [0.2, 0.25) is 0 Å². The molecule has 1 rings (SSSR count). The molecule has 1 aliphatic rings. The van der Waals surface area contributed by atoms with Gasteiger partial charge in [0.2, 0.25) is 0 Å². The lowest BCUT2D eigenvalue weighted by atomic mass is 9.93. The molecule has 0 unspecified atom stereocenters. The van der Waals surface area contributed by atoms with Crippen molar-refractivity contribution in [2.45, 2.75) is 39.2 Å². The zero-order valence-electron chi connectivity index (χ0n) is 10.4. The van der Waals surface area contributed by atoms with Gasteiger partial charge in [0, 0.05) is 0 Å². The highest BCUT2D eigenvalue weighted by Crippen LogP contribution is 2.28. The molecule has 0 aromatic carbocycles. The fraction of sp³-hybridized carbons (Fsp3) is 0.538. The third-order valence-electron chi connectivity index (χ3n) is 2.61. The average Bonchev–Trinajstić information content (AvgIpc) is 2.31. The Morgan fingerprint density at radius 3 is 2.94 bits per heavy atom. The van der Waals surface area contributed by atoms with Gasteiger partial charge in [0.15, 0.2) is 0 Å². The summed E-state index contributed by atoms with van der Waals surface area (Å²) in [4.78, 5) is 11.5. The lowest BCUT2D eigenvalue weighted by Gasteiger charge is -2.30. The van der Waals surface area contributed by atoms with Gasteiger partial charge in [-0.1, -0.05) is 0 Å². The van der Waals surface area contributed by atoms with Crippen LogP contribution < -0.4 is 0 Å². The van der Waals surface area contributed by atoms with Crippen LogP contribution in [0.3, 0.4) is 0 Å². The molecule has 4 nitrogen and oxygen atoms in total. The summed E-state index contributed by atoms with van der Waals surface area (Å²) >= 11 is 0. The topological polar surface area (TPSA) is 59.3 Å². The zero-order chi connectivity index (χ0) is 12.9. The SMILES string of the molecule is CCOC(=O)/C(C#N)=C/[C@@]1(C)CCC(C)=CO1. The van der Waals surface area contributed by atoms with Gasteiger partial charge in [0.05, 0.1) is 12.9 Å². The van der Waals surface area contributed by atoms with Gasteiger partial charge in [-0.15, -0.1) is 0 Å². The first kappa shape index (κ1) is 13.3. The lowest BCUT2D eigenvalue weighted by molar-refractivity contribution is -0.138. The van der Waals surface area contributed by atoms with Gasteiger partial charge >= 0.3 is 5.97 Å². The fourth-order valence-electron chi connectivity index (χ4n) is 1.56. The second-order valence-electron chi connectivity index (χ2n) is 4.29. The number of esters is 1. The Morgan fingerprint density at radius 2 is 2.47 bits per heavy atom. The molecule has 0 fully saturated rings. The Hall–Kier alpha value is -1.76. The summed E-state index contributed by atoms with van der Waals surface area (Å²) in [6.07, 6.45) is 4.88. The molecule has 0 aromatic heterocycles. The number of allylic oxidation sites excluding steroid dienone is 1. The molecular formula is C13H17NO3. The molecule has 0 spiro atoms. The zero-order valence-corrected chi connectivity index (χ0v) is 10.4. The summed E-state index contributed by atoms with van der Waals surface area (Å²) in [6.45, 7) is 5.80. The highest BCUT2D eigenvalue weighted by molar-refractivity contribution is 5.92. The van der Waals surface area contributed by atoms with Crippen LogP contribution in [0.4, 0.5) is 0 Å². The Balaban J connectivity index is 2.85. The monoisotopic (exact) mass is 235 g/mol.